The Kier molecular flexibility index (Phi) is 4.48. The van der Waals surface area contributed by atoms with E-state index >= 15 is 0 Å². The first-order valence-corrected chi connectivity index (χ1v) is 5.42. The van der Waals surface area contributed by atoms with Crippen molar-refractivity contribution in [2.24, 2.45) is 5.73 Å². The van der Waals surface area contributed by atoms with Crippen LogP contribution in [0.25, 0.3) is 0 Å². The summed E-state index contributed by atoms with van der Waals surface area (Å²) >= 11 is 5.84. The number of carbonyl (C=O) groups is 2. The van der Waals surface area contributed by atoms with Crippen LogP contribution in [-0.2, 0) is 4.79 Å². The number of nitrogens with one attached hydrogen (secondary N) is 1. The summed E-state index contributed by atoms with van der Waals surface area (Å²) in [5.41, 5.74) is 5.84. The zero-order chi connectivity index (χ0) is 13.0. The van der Waals surface area contributed by atoms with Crippen molar-refractivity contribution in [3.63, 3.8) is 0 Å². The molecule has 6 heteroatoms. The van der Waals surface area contributed by atoms with Crippen LogP contribution in [0.15, 0.2) is 18.2 Å². The summed E-state index contributed by atoms with van der Waals surface area (Å²) in [6.07, 6.45) is 0.488. The SMILES string of the molecule is CCC(N)C(=O)Nc1cc(C(=O)O)ccc1Cl. The normalized spacial score (nSPS) is 11.9. The van der Waals surface area contributed by atoms with Crippen LogP contribution in [0.1, 0.15) is 23.7 Å². The minimum atomic E-state index is -1.09. The van der Waals surface area contributed by atoms with E-state index in [4.69, 9.17) is 22.4 Å². The van der Waals surface area contributed by atoms with Crippen LogP contribution in [0.4, 0.5) is 5.69 Å². The van der Waals surface area contributed by atoms with Gasteiger partial charge in [-0.3, -0.25) is 4.79 Å². The fraction of sp³-hybridized carbons (Fsp3) is 0.273. The van der Waals surface area contributed by atoms with Gasteiger partial charge in [-0.15, -0.1) is 0 Å². The second-order valence-electron chi connectivity index (χ2n) is 3.50. The molecule has 0 aliphatic carbocycles. The van der Waals surface area contributed by atoms with Gasteiger partial charge in [0.25, 0.3) is 0 Å². The number of halogens is 1. The van der Waals surface area contributed by atoms with Gasteiger partial charge in [0.2, 0.25) is 5.91 Å². The minimum absolute atomic E-state index is 0.0507. The third-order valence-electron chi connectivity index (χ3n) is 2.25. The number of rotatable bonds is 4. The summed E-state index contributed by atoms with van der Waals surface area (Å²) in [5, 5.41) is 11.6. The van der Waals surface area contributed by atoms with E-state index in [0.29, 0.717) is 6.42 Å². The second-order valence-corrected chi connectivity index (χ2v) is 3.91. The molecule has 0 fully saturated rings. The lowest BCUT2D eigenvalue weighted by atomic mass is 10.2. The quantitative estimate of drug-likeness (QED) is 0.765. The first kappa shape index (κ1) is 13.5. The largest absolute Gasteiger partial charge is 0.478 e. The summed E-state index contributed by atoms with van der Waals surface area (Å²) < 4.78 is 0. The summed E-state index contributed by atoms with van der Waals surface area (Å²) in [4.78, 5) is 22.3. The Morgan fingerprint density at radius 1 is 1.53 bits per heavy atom. The lowest BCUT2D eigenvalue weighted by Crippen LogP contribution is -2.34. The van der Waals surface area contributed by atoms with E-state index in [9.17, 15) is 9.59 Å². The molecule has 0 radical (unpaired) electrons. The van der Waals surface area contributed by atoms with E-state index in [2.05, 4.69) is 5.32 Å². The molecule has 0 aliphatic rings. The molecule has 4 N–H and O–H groups in total. The number of amides is 1. The van der Waals surface area contributed by atoms with E-state index in [1.807, 2.05) is 0 Å². The molecule has 1 unspecified atom stereocenters. The molecule has 17 heavy (non-hydrogen) atoms. The van der Waals surface area contributed by atoms with Crippen molar-refractivity contribution in [1.82, 2.24) is 0 Å². The summed E-state index contributed by atoms with van der Waals surface area (Å²) in [5.74, 6) is -1.48. The Balaban J connectivity index is 2.94. The van der Waals surface area contributed by atoms with Crippen LogP contribution in [0, 0.1) is 0 Å². The molecule has 5 nitrogen and oxygen atoms in total. The number of carbonyl (C=O) groups excluding carboxylic acids is 1. The average molecular weight is 257 g/mol. The van der Waals surface area contributed by atoms with Gasteiger partial charge in [0, 0.05) is 0 Å². The number of aromatic carboxylic acids is 1. The number of carboxylic acid groups (broad SMARTS) is 1. The molecule has 92 valence electrons. The fourth-order valence-electron chi connectivity index (χ4n) is 1.16. The molecule has 0 spiro atoms. The highest BCUT2D eigenvalue weighted by atomic mass is 35.5. The molecule has 1 aromatic carbocycles. The van der Waals surface area contributed by atoms with Gasteiger partial charge in [-0.25, -0.2) is 4.79 Å². The van der Waals surface area contributed by atoms with Crippen LogP contribution >= 0.6 is 11.6 Å². The zero-order valence-electron chi connectivity index (χ0n) is 9.24. The van der Waals surface area contributed by atoms with Crippen LogP contribution in [0.5, 0.6) is 0 Å². The number of carboxylic acids is 1. The van der Waals surface area contributed by atoms with Gasteiger partial charge in [0.1, 0.15) is 0 Å². The highest BCUT2D eigenvalue weighted by Crippen LogP contribution is 2.23. The van der Waals surface area contributed by atoms with E-state index < -0.39 is 17.9 Å². The maximum atomic E-state index is 11.5. The lowest BCUT2D eigenvalue weighted by molar-refractivity contribution is -0.117. The predicted molar refractivity (Wildman–Crippen MR) is 65.3 cm³/mol. The molecular weight excluding hydrogens is 244 g/mol. The maximum Gasteiger partial charge on any atom is 0.335 e. The Hall–Kier alpha value is -1.59. The Labute approximate surface area is 104 Å². The van der Waals surface area contributed by atoms with Gasteiger partial charge in [0.15, 0.2) is 0 Å². The third kappa shape index (κ3) is 3.44. The Morgan fingerprint density at radius 2 is 2.18 bits per heavy atom. The number of nitrogens with two attached hydrogens (primary N) is 1. The van der Waals surface area contributed by atoms with Gasteiger partial charge in [-0.05, 0) is 24.6 Å². The van der Waals surface area contributed by atoms with E-state index in [1.54, 1.807) is 6.92 Å². The third-order valence-corrected chi connectivity index (χ3v) is 2.58. The topological polar surface area (TPSA) is 92.4 Å². The predicted octanol–water partition coefficient (Wildman–Crippen LogP) is 1.71. The lowest BCUT2D eigenvalue weighted by Gasteiger charge is -2.11. The van der Waals surface area contributed by atoms with Crippen molar-refractivity contribution >= 4 is 29.2 Å². The maximum absolute atomic E-state index is 11.5. The van der Waals surface area contributed by atoms with Gasteiger partial charge in [0.05, 0.1) is 22.3 Å². The first-order valence-electron chi connectivity index (χ1n) is 5.05. The van der Waals surface area contributed by atoms with Gasteiger partial charge in [-0.1, -0.05) is 18.5 Å². The molecule has 0 saturated carbocycles. The fourth-order valence-corrected chi connectivity index (χ4v) is 1.33. The molecule has 0 aliphatic heterocycles. The van der Waals surface area contributed by atoms with E-state index in [0.717, 1.165) is 0 Å². The monoisotopic (exact) mass is 256 g/mol. The molecule has 0 heterocycles. The van der Waals surface area contributed by atoms with Crippen molar-refractivity contribution in [2.45, 2.75) is 19.4 Å². The van der Waals surface area contributed by atoms with Crippen LogP contribution < -0.4 is 11.1 Å². The van der Waals surface area contributed by atoms with Crippen LogP contribution in [-0.4, -0.2) is 23.0 Å². The number of hydrogen-bond acceptors (Lipinski definition) is 3. The van der Waals surface area contributed by atoms with Crippen molar-refractivity contribution in [2.75, 3.05) is 5.32 Å². The van der Waals surface area contributed by atoms with Crippen LogP contribution in [0.3, 0.4) is 0 Å². The summed E-state index contributed by atoms with van der Waals surface area (Å²) in [6.45, 7) is 1.78. The Bertz CT molecular complexity index is 448. The number of anilines is 1. The van der Waals surface area contributed by atoms with E-state index in [-0.39, 0.29) is 16.3 Å². The van der Waals surface area contributed by atoms with Crippen molar-refractivity contribution < 1.29 is 14.7 Å². The molecular formula is C11H13ClN2O3. The average Bonchev–Trinajstić information content (AvgIpc) is 2.30. The standard InChI is InChI=1S/C11H13ClN2O3/c1-2-8(13)10(15)14-9-5-6(11(16)17)3-4-7(9)12/h3-5,8H,2,13H2,1H3,(H,14,15)(H,16,17). The Morgan fingerprint density at radius 3 is 2.71 bits per heavy atom. The highest BCUT2D eigenvalue weighted by Gasteiger charge is 2.14. The molecule has 0 bridgehead atoms. The summed E-state index contributed by atoms with van der Waals surface area (Å²) in [7, 11) is 0. The first-order chi connectivity index (χ1) is 7.95. The molecule has 0 aromatic heterocycles. The molecule has 1 aromatic rings. The van der Waals surface area contributed by atoms with Crippen molar-refractivity contribution in [3.05, 3.63) is 28.8 Å². The van der Waals surface area contributed by atoms with Crippen molar-refractivity contribution in [1.29, 1.82) is 0 Å². The van der Waals surface area contributed by atoms with E-state index in [1.165, 1.54) is 18.2 Å². The number of benzene rings is 1. The molecule has 1 amide bonds. The molecule has 1 atom stereocenters. The smallest absolute Gasteiger partial charge is 0.335 e. The van der Waals surface area contributed by atoms with Crippen LogP contribution in [0.2, 0.25) is 5.02 Å². The van der Waals surface area contributed by atoms with Gasteiger partial charge in [-0.2, -0.15) is 0 Å². The van der Waals surface area contributed by atoms with Gasteiger partial charge >= 0.3 is 5.97 Å². The molecule has 0 saturated heterocycles. The van der Waals surface area contributed by atoms with Crippen molar-refractivity contribution in [3.8, 4) is 0 Å². The highest BCUT2D eigenvalue weighted by molar-refractivity contribution is 6.33. The summed E-state index contributed by atoms with van der Waals surface area (Å²) in [6, 6.07) is 3.43. The number of hydrogen-bond donors (Lipinski definition) is 3. The second kappa shape index (κ2) is 5.65. The minimum Gasteiger partial charge on any atom is -0.478 e. The van der Waals surface area contributed by atoms with Gasteiger partial charge < -0.3 is 16.2 Å². The molecule has 1 rings (SSSR count). The zero-order valence-corrected chi connectivity index (χ0v) is 9.99.